The van der Waals surface area contributed by atoms with Gasteiger partial charge in [-0.1, -0.05) is 54.1 Å². The lowest BCUT2D eigenvalue weighted by Crippen LogP contribution is -2.40. The number of nitrogens with zero attached hydrogens (tertiary/aromatic N) is 1. The van der Waals surface area contributed by atoms with Crippen LogP contribution in [0.5, 0.6) is 0 Å². The van der Waals surface area contributed by atoms with Crippen molar-refractivity contribution in [1.82, 2.24) is 15.6 Å². The van der Waals surface area contributed by atoms with E-state index >= 15 is 0 Å². The summed E-state index contributed by atoms with van der Waals surface area (Å²) < 4.78 is 5.26. The maximum absolute atomic E-state index is 12.0. The molecule has 166 valence electrons. The molecule has 32 heavy (non-hydrogen) atoms. The summed E-state index contributed by atoms with van der Waals surface area (Å²) in [6, 6.07) is 20.0. The molecule has 1 atom stereocenters. The molecule has 0 saturated carbocycles. The zero-order chi connectivity index (χ0) is 22.9. The monoisotopic (exact) mass is 447 g/mol. The molecule has 2 N–H and O–H groups in total. The standard InChI is InChI=1S/C26H29N3O2S/c1-18-8-6-10-21(16-18)17-24(22-11-7-9-19(2)20(22)3)29-26(32)28-14-15-31-25(30)23-12-4-5-13-27-23/h4-13,16,24H,14-15,17H2,1-3H3,(H2,28,29,32). The van der Waals surface area contributed by atoms with E-state index in [0.29, 0.717) is 17.4 Å². The van der Waals surface area contributed by atoms with Crippen LogP contribution < -0.4 is 10.6 Å². The van der Waals surface area contributed by atoms with Crippen molar-refractivity contribution in [2.45, 2.75) is 33.2 Å². The first kappa shape index (κ1) is 23.4. The molecule has 0 fully saturated rings. The highest BCUT2D eigenvalue weighted by atomic mass is 32.1. The van der Waals surface area contributed by atoms with Gasteiger partial charge in [-0.25, -0.2) is 9.78 Å². The van der Waals surface area contributed by atoms with E-state index in [0.717, 1.165) is 6.42 Å². The predicted octanol–water partition coefficient (Wildman–Crippen LogP) is 4.61. The highest BCUT2D eigenvalue weighted by Crippen LogP contribution is 2.24. The number of pyridine rings is 1. The van der Waals surface area contributed by atoms with Gasteiger partial charge < -0.3 is 15.4 Å². The molecule has 2 aromatic carbocycles. The molecule has 0 aliphatic carbocycles. The van der Waals surface area contributed by atoms with Crippen molar-refractivity contribution in [3.05, 3.63) is 100 Å². The fourth-order valence-electron chi connectivity index (χ4n) is 3.54. The number of ether oxygens (including phenoxy) is 1. The van der Waals surface area contributed by atoms with E-state index in [1.54, 1.807) is 24.4 Å². The zero-order valence-corrected chi connectivity index (χ0v) is 19.5. The number of carbonyl (C=O) groups excluding carboxylic acids is 1. The molecule has 0 radical (unpaired) electrons. The molecule has 0 bridgehead atoms. The topological polar surface area (TPSA) is 63.2 Å². The zero-order valence-electron chi connectivity index (χ0n) is 18.7. The number of nitrogens with one attached hydrogen (secondary N) is 2. The van der Waals surface area contributed by atoms with E-state index in [1.165, 1.54) is 27.8 Å². The van der Waals surface area contributed by atoms with E-state index in [2.05, 4.69) is 78.9 Å². The lowest BCUT2D eigenvalue weighted by atomic mass is 9.93. The molecule has 3 aromatic rings. The molecule has 6 heteroatoms. The molecule has 5 nitrogen and oxygen atoms in total. The highest BCUT2D eigenvalue weighted by Gasteiger charge is 2.17. The van der Waals surface area contributed by atoms with Crippen molar-refractivity contribution >= 4 is 23.3 Å². The molecule has 0 saturated heterocycles. The Morgan fingerprint density at radius 3 is 2.62 bits per heavy atom. The lowest BCUT2D eigenvalue weighted by molar-refractivity contribution is 0.0506. The normalized spacial score (nSPS) is 11.5. The van der Waals surface area contributed by atoms with Gasteiger partial charge >= 0.3 is 5.97 Å². The van der Waals surface area contributed by atoms with Crippen molar-refractivity contribution in [2.75, 3.05) is 13.2 Å². The lowest BCUT2D eigenvalue weighted by Gasteiger charge is -2.24. The first-order valence-corrected chi connectivity index (χ1v) is 11.1. The van der Waals surface area contributed by atoms with Crippen molar-refractivity contribution < 1.29 is 9.53 Å². The Balaban J connectivity index is 1.60. The van der Waals surface area contributed by atoms with Gasteiger partial charge in [-0.05, 0) is 73.8 Å². The van der Waals surface area contributed by atoms with Crippen molar-refractivity contribution in [3.8, 4) is 0 Å². The average Bonchev–Trinajstić information content (AvgIpc) is 2.78. The van der Waals surface area contributed by atoms with Gasteiger partial charge in [0.2, 0.25) is 0 Å². The third kappa shape index (κ3) is 6.62. The number of hydrogen-bond acceptors (Lipinski definition) is 4. The SMILES string of the molecule is Cc1cccc(CC(NC(=S)NCCOC(=O)c2ccccn2)c2cccc(C)c2C)c1. The average molecular weight is 448 g/mol. The van der Waals surface area contributed by atoms with Crippen LogP contribution in [0.3, 0.4) is 0 Å². The third-order valence-corrected chi connectivity index (χ3v) is 5.61. The van der Waals surface area contributed by atoms with Crippen LogP contribution in [0, 0.1) is 20.8 Å². The number of aryl methyl sites for hydroxylation is 2. The first-order valence-electron chi connectivity index (χ1n) is 10.7. The number of aromatic nitrogens is 1. The summed E-state index contributed by atoms with van der Waals surface area (Å²) in [5.41, 5.74) is 6.50. The maximum atomic E-state index is 12.0. The molecule has 3 rings (SSSR count). The quantitative estimate of drug-likeness (QED) is 0.299. The van der Waals surface area contributed by atoms with E-state index in [9.17, 15) is 4.79 Å². The van der Waals surface area contributed by atoms with E-state index in [4.69, 9.17) is 17.0 Å². The molecule has 1 aromatic heterocycles. The number of carbonyl (C=O) groups is 1. The van der Waals surface area contributed by atoms with Crippen molar-refractivity contribution in [1.29, 1.82) is 0 Å². The Labute approximate surface area is 195 Å². The molecular formula is C26H29N3O2S. The smallest absolute Gasteiger partial charge is 0.356 e. The van der Waals surface area contributed by atoms with Crippen LogP contribution >= 0.6 is 12.2 Å². The molecule has 1 heterocycles. The summed E-state index contributed by atoms with van der Waals surface area (Å²) in [7, 11) is 0. The minimum atomic E-state index is -0.445. The number of hydrogen-bond donors (Lipinski definition) is 2. The second kappa shape index (κ2) is 11.4. The molecule has 1 unspecified atom stereocenters. The predicted molar refractivity (Wildman–Crippen MR) is 132 cm³/mol. The van der Waals surface area contributed by atoms with Crippen molar-refractivity contribution in [2.24, 2.45) is 0 Å². The number of thiocarbonyl (C=S) groups is 1. The second-order valence-corrected chi connectivity index (χ2v) is 8.19. The van der Waals surface area contributed by atoms with Crippen LogP contribution in [-0.4, -0.2) is 29.2 Å². The minimum absolute atomic E-state index is 0.0211. The van der Waals surface area contributed by atoms with E-state index in [1.807, 2.05) is 0 Å². The molecule has 0 amide bonds. The van der Waals surface area contributed by atoms with E-state index in [-0.39, 0.29) is 12.6 Å². The Morgan fingerprint density at radius 1 is 1.06 bits per heavy atom. The number of benzene rings is 2. The summed E-state index contributed by atoms with van der Waals surface area (Å²) in [5, 5.41) is 7.13. The van der Waals surface area contributed by atoms with Crippen LogP contribution in [0.1, 0.15) is 44.3 Å². The molecular weight excluding hydrogens is 418 g/mol. The highest BCUT2D eigenvalue weighted by molar-refractivity contribution is 7.80. The maximum Gasteiger partial charge on any atom is 0.356 e. The molecule has 0 spiro atoms. The Kier molecular flexibility index (Phi) is 8.34. The Morgan fingerprint density at radius 2 is 1.88 bits per heavy atom. The number of esters is 1. The van der Waals surface area contributed by atoms with Crippen LogP contribution in [0.2, 0.25) is 0 Å². The van der Waals surface area contributed by atoms with Gasteiger partial charge in [0, 0.05) is 6.20 Å². The molecule has 0 aliphatic rings. The van der Waals surface area contributed by atoms with Gasteiger partial charge in [0.05, 0.1) is 12.6 Å². The van der Waals surface area contributed by atoms with E-state index < -0.39 is 5.97 Å². The van der Waals surface area contributed by atoms with Crippen LogP contribution in [0.4, 0.5) is 0 Å². The summed E-state index contributed by atoms with van der Waals surface area (Å²) in [4.78, 5) is 16.0. The van der Waals surface area contributed by atoms with Gasteiger partial charge in [0.15, 0.2) is 5.11 Å². The van der Waals surface area contributed by atoms with Crippen LogP contribution in [0.15, 0.2) is 66.9 Å². The fourth-order valence-corrected chi connectivity index (χ4v) is 3.78. The van der Waals surface area contributed by atoms with Gasteiger partial charge in [-0.15, -0.1) is 0 Å². The largest absolute Gasteiger partial charge is 0.459 e. The van der Waals surface area contributed by atoms with Gasteiger partial charge in [-0.2, -0.15) is 0 Å². The van der Waals surface area contributed by atoms with Gasteiger partial charge in [0.1, 0.15) is 12.3 Å². The summed E-state index contributed by atoms with van der Waals surface area (Å²) in [5.74, 6) is -0.445. The Bertz CT molecular complexity index is 1070. The van der Waals surface area contributed by atoms with Gasteiger partial charge in [-0.3, -0.25) is 0 Å². The summed E-state index contributed by atoms with van der Waals surface area (Å²) in [6.07, 6.45) is 2.37. The molecule has 0 aliphatic heterocycles. The summed E-state index contributed by atoms with van der Waals surface area (Å²) >= 11 is 5.55. The van der Waals surface area contributed by atoms with Crippen LogP contribution in [0.25, 0.3) is 0 Å². The number of rotatable bonds is 8. The third-order valence-electron chi connectivity index (χ3n) is 5.34. The van der Waals surface area contributed by atoms with Crippen LogP contribution in [-0.2, 0) is 11.2 Å². The fraction of sp³-hybridized carbons (Fsp3) is 0.269. The second-order valence-electron chi connectivity index (χ2n) is 7.79. The minimum Gasteiger partial charge on any atom is -0.459 e. The Hall–Kier alpha value is -3.25. The van der Waals surface area contributed by atoms with Gasteiger partial charge in [0.25, 0.3) is 0 Å². The summed E-state index contributed by atoms with van der Waals surface area (Å²) in [6.45, 7) is 6.97. The first-order chi connectivity index (χ1) is 15.4. The van der Waals surface area contributed by atoms with Crippen molar-refractivity contribution in [3.63, 3.8) is 0 Å².